The Balaban J connectivity index is 1.96. The Morgan fingerprint density at radius 3 is 2.56 bits per heavy atom. The van der Waals surface area contributed by atoms with Gasteiger partial charge in [-0.3, -0.25) is 9.79 Å². The van der Waals surface area contributed by atoms with E-state index in [9.17, 15) is 9.18 Å². The molecular weight excluding hydrogens is 319 g/mol. The van der Waals surface area contributed by atoms with Crippen molar-refractivity contribution in [1.29, 1.82) is 0 Å². The molecule has 0 heterocycles. The van der Waals surface area contributed by atoms with E-state index in [1.54, 1.807) is 13.1 Å². The molecule has 0 unspecified atom stereocenters. The molecule has 0 aliphatic heterocycles. The minimum atomic E-state index is -0.247. The zero-order chi connectivity index (χ0) is 18.2. The van der Waals surface area contributed by atoms with Crippen LogP contribution in [0.25, 0.3) is 0 Å². The Bertz CT molecular complexity index is 761. The fraction of sp³-hybridized carbons (Fsp3) is 0.263. The second-order valence-corrected chi connectivity index (χ2v) is 5.77. The van der Waals surface area contributed by atoms with Crippen LogP contribution in [0.3, 0.4) is 0 Å². The maximum absolute atomic E-state index is 13.3. The van der Waals surface area contributed by atoms with Crippen LogP contribution in [-0.4, -0.2) is 30.9 Å². The first-order valence-corrected chi connectivity index (χ1v) is 8.00. The summed E-state index contributed by atoms with van der Waals surface area (Å²) in [6, 6.07) is 14.1. The average Bonchev–Trinajstić information content (AvgIpc) is 2.55. The predicted octanol–water partition coefficient (Wildman–Crippen LogP) is 2.99. The van der Waals surface area contributed by atoms with Crippen LogP contribution in [0.4, 0.5) is 10.1 Å². The van der Waals surface area contributed by atoms with Crippen molar-refractivity contribution in [3.63, 3.8) is 0 Å². The van der Waals surface area contributed by atoms with E-state index in [0.29, 0.717) is 19.0 Å². The second-order valence-electron chi connectivity index (χ2n) is 5.77. The summed E-state index contributed by atoms with van der Waals surface area (Å²) in [6.45, 7) is 2.59. The molecule has 132 valence electrons. The SMILES string of the molecule is CN=C(NCc1cccc(NC(C)=O)c1)N(C)Cc1cccc(F)c1. The van der Waals surface area contributed by atoms with Crippen LogP contribution in [0, 0.1) is 5.82 Å². The van der Waals surface area contributed by atoms with E-state index in [1.165, 1.54) is 19.1 Å². The van der Waals surface area contributed by atoms with E-state index in [2.05, 4.69) is 15.6 Å². The molecule has 0 saturated carbocycles. The van der Waals surface area contributed by atoms with Crippen LogP contribution in [-0.2, 0) is 17.9 Å². The van der Waals surface area contributed by atoms with Crippen LogP contribution >= 0.6 is 0 Å². The third kappa shape index (κ3) is 5.91. The van der Waals surface area contributed by atoms with Gasteiger partial charge in [0.1, 0.15) is 5.82 Å². The van der Waals surface area contributed by atoms with E-state index in [0.717, 1.165) is 16.8 Å². The molecule has 0 saturated heterocycles. The van der Waals surface area contributed by atoms with Gasteiger partial charge < -0.3 is 15.5 Å². The highest BCUT2D eigenvalue weighted by Crippen LogP contribution is 2.11. The van der Waals surface area contributed by atoms with E-state index >= 15 is 0 Å². The lowest BCUT2D eigenvalue weighted by molar-refractivity contribution is -0.114. The molecule has 0 fully saturated rings. The average molecular weight is 342 g/mol. The highest BCUT2D eigenvalue weighted by atomic mass is 19.1. The fourth-order valence-corrected chi connectivity index (χ4v) is 2.51. The number of carbonyl (C=O) groups excluding carboxylic acids is 1. The predicted molar refractivity (Wildman–Crippen MR) is 98.8 cm³/mol. The van der Waals surface area contributed by atoms with Crippen molar-refractivity contribution in [2.45, 2.75) is 20.0 Å². The number of benzene rings is 2. The van der Waals surface area contributed by atoms with Crippen molar-refractivity contribution in [3.05, 3.63) is 65.5 Å². The summed E-state index contributed by atoms with van der Waals surface area (Å²) in [5.74, 6) is 0.355. The molecule has 0 aromatic heterocycles. The minimum Gasteiger partial charge on any atom is -0.352 e. The molecule has 2 aromatic carbocycles. The van der Waals surface area contributed by atoms with Gasteiger partial charge in [-0.15, -0.1) is 0 Å². The third-order valence-electron chi connectivity index (χ3n) is 3.58. The maximum atomic E-state index is 13.3. The van der Waals surface area contributed by atoms with Gasteiger partial charge in [-0.05, 0) is 35.4 Å². The lowest BCUT2D eigenvalue weighted by atomic mass is 10.2. The number of nitrogens with zero attached hydrogens (tertiary/aromatic N) is 2. The van der Waals surface area contributed by atoms with Gasteiger partial charge in [0.05, 0.1) is 0 Å². The number of halogens is 1. The minimum absolute atomic E-state index is 0.101. The summed E-state index contributed by atoms with van der Waals surface area (Å²) in [5, 5.41) is 6.03. The van der Waals surface area contributed by atoms with E-state index in [1.807, 2.05) is 42.3 Å². The molecule has 0 spiro atoms. The zero-order valence-corrected chi connectivity index (χ0v) is 14.7. The van der Waals surface area contributed by atoms with E-state index < -0.39 is 0 Å². The first kappa shape index (κ1) is 18.4. The number of amides is 1. The maximum Gasteiger partial charge on any atom is 0.221 e. The Morgan fingerprint density at radius 2 is 1.88 bits per heavy atom. The molecule has 0 radical (unpaired) electrons. The third-order valence-corrected chi connectivity index (χ3v) is 3.58. The topological polar surface area (TPSA) is 56.7 Å². The Labute approximate surface area is 147 Å². The molecule has 0 aliphatic carbocycles. The fourth-order valence-electron chi connectivity index (χ4n) is 2.51. The summed E-state index contributed by atoms with van der Waals surface area (Å²) in [5.41, 5.74) is 2.65. The Morgan fingerprint density at radius 1 is 1.16 bits per heavy atom. The highest BCUT2D eigenvalue weighted by Gasteiger charge is 2.07. The Hall–Kier alpha value is -2.89. The standard InChI is InChI=1S/C19H23FN4O/c1-14(25)23-18-9-5-6-15(11-18)12-22-19(21-2)24(3)13-16-7-4-8-17(20)10-16/h4-11H,12-13H2,1-3H3,(H,21,22)(H,23,25). The van der Waals surface area contributed by atoms with Gasteiger partial charge in [0.25, 0.3) is 0 Å². The van der Waals surface area contributed by atoms with Gasteiger partial charge in [-0.25, -0.2) is 4.39 Å². The summed E-state index contributed by atoms with van der Waals surface area (Å²) >= 11 is 0. The van der Waals surface area contributed by atoms with Crippen LogP contribution < -0.4 is 10.6 Å². The molecule has 2 N–H and O–H groups in total. The number of aliphatic imine (C=N–C) groups is 1. The van der Waals surface area contributed by atoms with Crippen LogP contribution in [0.5, 0.6) is 0 Å². The molecule has 0 atom stereocenters. The molecule has 6 heteroatoms. The molecule has 5 nitrogen and oxygen atoms in total. The lowest BCUT2D eigenvalue weighted by Gasteiger charge is -2.22. The largest absolute Gasteiger partial charge is 0.352 e. The quantitative estimate of drug-likeness (QED) is 0.649. The number of rotatable bonds is 5. The lowest BCUT2D eigenvalue weighted by Crippen LogP contribution is -2.38. The first-order valence-electron chi connectivity index (χ1n) is 8.00. The number of hydrogen-bond donors (Lipinski definition) is 2. The second kappa shape index (κ2) is 8.82. The molecule has 25 heavy (non-hydrogen) atoms. The number of nitrogens with one attached hydrogen (secondary N) is 2. The summed E-state index contributed by atoms with van der Waals surface area (Å²) in [4.78, 5) is 17.3. The number of anilines is 1. The van der Waals surface area contributed by atoms with Gasteiger partial charge in [-0.1, -0.05) is 24.3 Å². The van der Waals surface area contributed by atoms with Crippen molar-refractivity contribution in [2.75, 3.05) is 19.4 Å². The molecule has 0 bridgehead atoms. The van der Waals surface area contributed by atoms with Crippen LogP contribution in [0.2, 0.25) is 0 Å². The van der Waals surface area contributed by atoms with Crippen LogP contribution in [0.1, 0.15) is 18.1 Å². The van der Waals surface area contributed by atoms with E-state index in [-0.39, 0.29) is 11.7 Å². The molecule has 1 amide bonds. The van der Waals surface area contributed by atoms with Crippen molar-refractivity contribution in [2.24, 2.45) is 4.99 Å². The number of hydrogen-bond acceptors (Lipinski definition) is 2. The normalized spacial score (nSPS) is 11.1. The smallest absolute Gasteiger partial charge is 0.221 e. The number of carbonyl (C=O) groups is 1. The zero-order valence-electron chi connectivity index (χ0n) is 14.7. The molecule has 0 aliphatic rings. The summed E-state index contributed by atoms with van der Waals surface area (Å²) in [6.07, 6.45) is 0. The molecule has 2 rings (SSSR count). The van der Waals surface area contributed by atoms with Crippen molar-refractivity contribution in [1.82, 2.24) is 10.2 Å². The van der Waals surface area contributed by atoms with Gasteiger partial charge in [0.15, 0.2) is 5.96 Å². The van der Waals surface area contributed by atoms with E-state index in [4.69, 9.17) is 0 Å². The molecular formula is C19H23FN4O. The summed E-state index contributed by atoms with van der Waals surface area (Å²) < 4.78 is 13.3. The van der Waals surface area contributed by atoms with Crippen LogP contribution in [0.15, 0.2) is 53.5 Å². The first-order chi connectivity index (χ1) is 12.0. The number of guanidine groups is 1. The van der Waals surface area contributed by atoms with Gasteiger partial charge in [-0.2, -0.15) is 0 Å². The molecule has 2 aromatic rings. The van der Waals surface area contributed by atoms with Gasteiger partial charge in [0.2, 0.25) is 5.91 Å². The van der Waals surface area contributed by atoms with Crippen molar-refractivity contribution in [3.8, 4) is 0 Å². The van der Waals surface area contributed by atoms with Crippen molar-refractivity contribution >= 4 is 17.6 Å². The van der Waals surface area contributed by atoms with Crippen molar-refractivity contribution < 1.29 is 9.18 Å². The van der Waals surface area contributed by atoms with Gasteiger partial charge in [0, 0.05) is 39.8 Å². The Kier molecular flexibility index (Phi) is 6.51. The monoisotopic (exact) mass is 342 g/mol. The van der Waals surface area contributed by atoms with Gasteiger partial charge >= 0.3 is 0 Å². The summed E-state index contributed by atoms with van der Waals surface area (Å²) in [7, 11) is 3.60. The highest BCUT2D eigenvalue weighted by molar-refractivity contribution is 5.88.